The second-order valence-corrected chi connectivity index (χ2v) is 10.7. The molecule has 0 radical (unpaired) electrons. The van der Waals surface area contributed by atoms with Gasteiger partial charge in [0.2, 0.25) is 5.91 Å². The van der Waals surface area contributed by atoms with Crippen molar-refractivity contribution in [2.24, 2.45) is 0 Å². The van der Waals surface area contributed by atoms with E-state index in [-0.39, 0.29) is 11.9 Å². The molecule has 10 heteroatoms. The van der Waals surface area contributed by atoms with Crippen molar-refractivity contribution < 1.29 is 4.79 Å². The number of aromatic nitrogens is 4. The van der Waals surface area contributed by atoms with E-state index in [1.807, 2.05) is 30.6 Å². The van der Waals surface area contributed by atoms with Crippen LogP contribution in [0.4, 0.5) is 0 Å². The third-order valence-corrected chi connectivity index (χ3v) is 8.15. The van der Waals surface area contributed by atoms with Crippen molar-refractivity contribution in [3.8, 4) is 23.3 Å². The number of piperidine rings is 1. The number of hydrogen-bond acceptors (Lipinski definition) is 7. The van der Waals surface area contributed by atoms with Crippen LogP contribution in [0.1, 0.15) is 35.7 Å². The maximum atomic E-state index is 12.1. The molecule has 0 aliphatic carbocycles. The van der Waals surface area contributed by atoms with E-state index in [1.54, 1.807) is 35.8 Å². The van der Waals surface area contributed by atoms with Crippen LogP contribution in [0.5, 0.6) is 0 Å². The number of fused-ring (bicyclic) bond motifs is 1. The molecule has 4 aromatic rings. The second kappa shape index (κ2) is 10.7. The minimum atomic E-state index is 0.126. The zero-order valence-corrected chi connectivity index (χ0v) is 22.4. The number of rotatable bonds is 6. The molecule has 1 saturated heterocycles. The predicted molar refractivity (Wildman–Crippen MR) is 145 cm³/mol. The van der Waals surface area contributed by atoms with Gasteiger partial charge in [0.1, 0.15) is 12.1 Å². The normalized spacial score (nSPS) is 14.3. The molecular formula is C28H28N8OS. The zero-order valence-electron chi connectivity index (χ0n) is 21.6. The van der Waals surface area contributed by atoms with Crippen molar-refractivity contribution >= 4 is 23.2 Å². The van der Waals surface area contributed by atoms with Gasteiger partial charge in [-0.3, -0.25) is 14.4 Å². The molecule has 0 N–H and O–H groups in total. The molecular weight excluding hydrogens is 496 g/mol. The molecule has 1 aliphatic heterocycles. The highest BCUT2D eigenvalue weighted by atomic mass is 32.2. The van der Waals surface area contributed by atoms with Crippen LogP contribution in [0.2, 0.25) is 0 Å². The fraction of sp³-hybridized carbons (Fsp3) is 0.321. The Morgan fingerprint density at radius 2 is 1.82 bits per heavy atom. The Morgan fingerprint density at radius 3 is 2.53 bits per heavy atom. The number of pyridine rings is 1. The summed E-state index contributed by atoms with van der Waals surface area (Å²) >= 11 is 1.46. The van der Waals surface area contributed by atoms with Gasteiger partial charge in [0.25, 0.3) is 0 Å². The largest absolute Gasteiger partial charge is 0.348 e. The number of likely N-dealkylation sites (tertiary alicyclic amines) is 1. The molecule has 0 atom stereocenters. The standard InChI is InChI=1S/C28H28N8OS/c1-19-24(16-32-36(19)23-8-10-34(11-9-23)18-27(37)33(2)3)21-12-26(28-22(14-30)15-31-35(28)17-21)38-25-7-5-4-6-20(25)13-29/h4-7,12,15-17,23H,8-11,18H2,1-3H3. The van der Waals surface area contributed by atoms with Crippen LogP contribution in [0.25, 0.3) is 16.6 Å². The number of nitriles is 2. The second-order valence-electron chi connectivity index (χ2n) is 9.65. The first kappa shape index (κ1) is 25.5. The van der Waals surface area contributed by atoms with Crippen LogP contribution in [-0.2, 0) is 4.79 Å². The fourth-order valence-corrected chi connectivity index (χ4v) is 5.98. The van der Waals surface area contributed by atoms with Gasteiger partial charge in [0, 0.05) is 60.0 Å². The maximum absolute atomic E-state index is 12.1. The number of hydrogen-bond donors (Lipinski definition) is 0. The van der Waals surface area contributed by atoms with E-state index in [0.717, 1.165) is 58.1 Å². The maximum Gasteiger partial charge on any atom is 0.236 e. The van der Waals surface area contributed by atoms with Crippen molar-refractivity contribution in [1.29, 1.82) is 10.5 Å². The monoisotopic (exact) mass is 524 g/mol. The van der Waals surface area contributed by atoms with Gasteiger partial charge in [0.15, 0.2) is 0 Å². The van der Waals surface area contributed by atoms with Crippen LogP contribution in [-0.4, -0.2) is 68.8 Å². The van der Waals surface area contributed by atoms with E-state index >= 15 is 0 Å². The van der Waals surface area contributed by atoms with Gasteiger partial charge in [-0.1, -0.05) is 23.9 Å². The lowest BCUT2D eigenvalue weighted by atomic mass is 10.0. The van der Waals surface area contributed by atoms with E-state index in [0.29, 0.717) is 17.7 Å². The third-order valence-electron chi connectivity index (χ3n) is 7.04. The quantitative estimate of drug-likeness (QED) is 0.373. The van der Waals surface area contributed by atoms with Gasteiger partial charge in [-0.05, 0) is 38.0 Å². The molecule has 3 aromatic heterocycles. The van der Waals surface area contributed by atoms with Crippen molar-refractivity contribution in [3.05, 3.63) is 65.7 Å². The van der Waals surface area contributed by atoms with Crippen molar-refractivity contribution in [2.75, 3.05) is 33.7 Å². The minimum absolute atomic E-state index is 0.126. The number of amides is 1. The lowest BCUT2D eigenvalue weighted by Gasteiger charge is -2.32. The van der Waals surface area contributed by atoms with Crippen molar-refractivity contribution in [1.82, 2.24) is 29.2 Å². The lowest BCUT2D eigenvalue weighted by Crippen LogP contribution is -2.41. The number of carbonyl (C=O) groups excluding carboxylic acids is 1. The molecule has 0 unspecified atom stereocenters. The van der Waals surface area contributed by atoms with Gasteiger partial charge >= 0.3 is 0 Å². The summed E-state index contributed by atoms with van der Waals surface area (Å²) in [5.74, 6) is 0.126. The fourth-order valence-electron chi connectivity index (χ4n) is 4.89. The Hall–Kier alpha value is -4.12. The van der Waals surface area contributed by atoms with E-state index in [2.05, 4.69) is 39.8 Å². The minimum Gasteiger partial charge on any atom is -0.348 e. The van der Waals surface area contributed by atoms with Crippen LogP contribution in [0.15, 0.2) is 58.7 Å². The molecule has 4 heterocycles. The Kier molecular flexibility index (Phi) is 7.19. The SMILES string of the molecule is Cc1c(-c2cc(Sc3ccccc3C#N)c3c(C#N)cnn3c2)cnn1C1CCN(CC(=O)N(C)C)CC1. The molecule has 192 valence electrons. The lowest BCUT2D eigenvalue weighted by molar-refractivity contribution is -0.130. The van der Waals surface area contributed by atoms with Crippen LogP contribution in [0.3, 0.4) is 0 Å². The first-order valence-electron chi connectivity index (χ1n) is 12.4. The van der Waals surface area contributed by atoms with E-state index in [9.17, 15) is 15.3 Å². The molecule has 0 spiro atoms. The predicted octanol–water partition coefficient (Wildman–Crippen LogP) is 4.13. The summed E-state index contributed by atoms with van der Waals surface area (Å²) < 4.78 is 3.84. The highest BCUT2D eigenvalue weighted by Gasteiger charge is 2.25. The molecule has 0 saturated carbocycles. The summed E-state index contributed by atoms with van der Waals surface area (Å²) in [7, 11) is 3.58. The van der Waals surface area contributed by atoms with Crippen molar-refractivity contribution in [2.45, 2.75) is 35.6 Å². The summed E-state index contributed by atoms with van der Waals surface area (Å²) in [4.78, 5) is 17.6. The summed E-state index contributed by atoms with van der Waals surface area (Å²) in [6.07, 6.45) is 7.26. The average molecular weight is 525 g/mol. The number of benzene rings is 1. The first-order valence-corrected chi connectivity index (χ1v) is 13.3. The van der Waals surface area contributed by atoms with Crippen LogP contribution < -0.4 is 0 Å². The molecule has 1 amide bonds. The van der Waals surface area contributed by atoms with E-state index < -0.39 is 0 Å². The van der Waals surface area contributed by atoms with Gasteiger partial charge < -0.3 is 4.90 Å². The molecule has 1 aliphatic rings. The molecule has 5 rings (SSSR count). The summed E-state index contributed by atoms with van der Waals surface area (Å²) in [6, 6.07) is 14.3. The number of carbonyl (C=O) groups is 1. The Labute approximate surface area is 225 Å². The topological polar surface area (TPSA) is 106 Å². The smallest absolute Gasteiger partial charge is 0.236 e. The highest BCUT2D eigenvalue weighted by molar-refractivity contribution is 7.99. The molecule has 9 nitrogen and oxygen atoms in total. The Bertz CT molecular complexity index is 1580. The molecule has 1 aromatic carbocycles. The first-order chi connectivity index (χ1) is 18.4. The summed E-state index contributed by atoms with van der Waals surface area (Å²) in [6.45, 7) is 4.24. The molecule has 1 fully saturated rings. The zero-order chi connectivity index (χ0) is 26.8. The van der Waals surface area contributed by atoms with Gasteiger partial charge in [-0.25, -0.2) is 4.52 Å². The van der Waals surface area contributed by atoms with E-state index in [4.69, 9.17) is 5.10 Å². The van der Waals surface area contributed by atoms with Gasteiger partial charge in [-0.2, -0.15) is 20.7 Å². The van der Waals surface area contributed by atoms with E-state index in [1.165, 1.54) is 11.8 Å². The van der Waals surface area contributed by atoms with Crippen LogP contribution in [0, 0.1) is 29.6 Å². The third kappa shape index (κ3) is 4.89. The number of nitrogens with zero attached hydrogens (tertiary/aromatic N) is 8. The average Bonchev–Trinajstić information content (AvgIpc) is 3.52. The van der Waals surface area contributed by atoms with Crippen LogP contribution >= 0.6 is 11.8 Å². The Morgan fingerprint density at radius 1 is 1.08 bits per heavy atom. The summed E-state index contributed by atoms with van der Waals surface area (Å²) in [5, 5.41) is 28.5. The van der Waals surface area contributed by atoms with Crippen molar-refractivity contribution in [3.63, 3.8) is 0 Å². The summed E-state index contributed by atoms with van der Waals surface area (Å²) in [5.41, 5.74) is 4.80. The molecule has 38 heavy (non-hydrogen) atoms. The highest BCUT2D eigenvalue weighted by Crippen LogP contribution is 2.38. The van der Waals surface area contributed by atoms with Gasteiger partial charge in [0.05, 0.1) is 41.6 Å². The molecule has 0 bridgehead atoms. The Balaban J connectivity index is 1.45. The number of likely N-dealkylation sites (N-methyl/N-ethyl adjacent to an activating group) is 1. The van der Waals surface area contributed by atoms with Gasteiger partial charge in [-0.15, -0.1) is 0 Å².